The number of hydrogen-bond acceptors (Lipinski definition) is 2. The molecule has 0 aromatic rings. The van der Waals surface area contributed by atoms with E-state index >= 15 is 0 Å². The van der Waals surface area contributed by atoms with E-state index in [4.69, 9.17) is 4.74 Å². The fourth-order valence-electron chi connectivity index (χ4n) is 1.78. The van der Waals surface area contributed by atoms with E-state index in [1.807, 2.05) is 19.1 Å². The number of ether oxygens (including phenoxy) is 1. The Bertz CT molecular complexity index is 229. The van der Waals surface area contributed by atoms with Crippen LogP contribution in [0.15, 0.2) is 25.3 Å². The summed E-state index contributed by atoms with van der Waals surface area (Å²) >= 11 is 0. The smallest absolute Gasteiger partial charge is 0.357 e. The van der Waals surface area contributed by atoms with Gasteiger partial charge < -0.3 is 4.74 Å². The molecular weight excluding hydrogens is 212 g/mol. The van der Waals surface area contributed by atoms with E-state index in [2.05, 4.69) is 20.1 Å². The molecule has 2 nitrogen and oxygen atoms in total. The third-order valence-electron chi connectivity index (χ3n) is 2.84. The first-order valence-electron chi connectivity index (χ1n) is 6.35. The molecule has 0 radical (unpaired) electrons. The Labute approximate surface area is 106 Å². The molecule has 0 atom stereocenters. The molecule has 0 aliphatic rings. The molecule has 0 aliphatic heterocycles. The average Bonchev–Trinajstić information content (AvgIpc) is 2.30. The van der Waals surface area contributed by atoms with Crippen molar-refractivity contribution >= 4 is 5.97 Å². The van der Waals surface area contributed by atoms with Crippen LogP contribution in [0.4, 0.5) is 0 Å². The maximum absolute atomic E-state index is 11.9. The fourth-order valence-corrected chi connectivity index (χ4v) is 1.78. The Hall–Kier alpha value is -1.18. The second kappa shape index (κ2) is 8.91. The Morgan fingerprint density at radius 1 is 1.24 bits per heavy atom. The largest absolute Gasteiger partial charge is 0.462 e. The van der Waals surface area contributed by atoms with Crippen molar-refractivity contribution in [2.45, 2.75) is 45.4 Å². The maximum Gasteiger partial charge on any atom is 0.357 e. The van der Waals surface area contributed by atoms with Gasteiger partial charge in [-0.25, -0.2) is 4.79 Å². The van der Waals surface area contributed by atoms with Gasteiger partial charge in [0.1, 0.15) is 0 Å². The van der Waals surface area contributed by atoms with Crippen molar-refractivity contribution in [2.24, 2.45) is 5.41 Å². The molecule has 0 saturated heterocycles. The highest BCUT2D eigenvalue weighted by atomic mass is 16.5. The van der Waals surface area contributed by atoms with Crippen LogP contribution in [0, 0.1) is 12.3 Å². The van der Waals surface area contributed by atoms with Crippen LogP contribution in [0.5, 0.6) is 0 Å². The van der Waals surface area contributed by atoms with Crippen LogP contribution in [-0.4, -0.2) is 12.6 Å². The molecular formula is C15H25O2+. The number of unbranched alkanes of at least 4 members (excludes halogenated alkanes) is 2. The van der Waals surface area contributed by atoms with Crippen molar-refractivity contribution < 1.29 is 9.53 Å². The van der Waals surface area contributed by atoms with Gasteiger partial charge in [-0.3, -0.25) is 0 Å². The van der Waals surface area contributed by atoms with Crippen LogP contribution < -0.4 is 0 Å². The topological polar surface area (TPSA) is 26.3 Å². The van der Waals surface area contributed by atoms with E-state index in [1.165, 1.54) is 0 Å². The Balaban J connectivity index is 4.37. The Morgan fingerprint density at radius 2 is 1.71 bits per heavy atom. The predicted octanol–water partition coefficient (Wildman–Crippen LogP) is 4.08. The summed E-state index contributed by atoms with van der Waals surface area (Å²) in [5.41, 5.74) is -0.595. The van der Waals surface area contributed by atoms with Crippen LogP contribution in [0.3, 0.4) is 0 Å². The van der Waals surface area contributed by atoms with E-state index in [0.717, 1.165) is 38.5 Å². The summed E-state index contributed by atoms with van der Waals surface area (Å²) in [5.74, 6) is -0.173. The van der Waals surface area contributed by atoms with Gasteiger partial charge in [0.05, 0.1) is 13.5 Å². The van der Waals surface area contributed by atoms with Gasteiger partial charge in [-0.1, -0.05) is 12.2 Å². The summed E-state index contributed by atoms with van der Waals surface area (Å²) < 4.78 is 5.12. The van der Waals surface area contributed by atoms with Gasteiger partial charge in [-0.2, -0.15) is 0 Å². The summed E-state index contributed by atoms with van der Waals surface area (Å²) in [6.07, 6.45) is 8.95. The number of esters is 1. The average molecular weight is 237 g/mol. The maximum atomic E-state index is 11.9. The lowest BCUT2D eigenvalue weighted by molar-refractivity contribution is -0.153. The minimum atomic E-state index is -0.595. The molecule has 96 valence electrons. The highest BCUT2D eigenvalue weighted by Gasteiger charge is 2.40. The van der Waals surface area contributed by atoms with E-state index in [1.54, 1.807) is 0 Å². The van der Waals surface area contributed by atoms with Gasteiger partial charge in [-0.05, 0) is 32.6 Å². The second-order valence-corrected chi connectivity index (χ2v) is 4.36. The van der Waals surface area contributed by atoms with Crippen molar-refractivity contribution in [1.82, 2.24) is 0 Å². The summed E-state index contributed by atoms with van der Waals surface area (Å²) in [6, 6.07) is 0. The lowest BCUT2D eigenvalue weighted by atomic mass is 9.80. The molecule has 0 N–H and O–H groups in total. The van der Waals surface area contributed by atoms with E-state index in [9.17, 15) is 4.79 Å². The molecule has 0 spiro atoms. The molecule has 0 aromatic carbocycles. The van der Waals surface area contributed by atoms with Crippen LogP contribution in [0.25, 0.3) is 0 Å². The van der Waals surface area contributed by atoms with Gasteiger partial charge in [0, 0.05) is 12.8 Å². The first kappa shape index (κ1) is 15.8. The zero-order valence-corrected chi connectivity index (χ0v) is 11.0. The summed E-state index contributed by atoms with van der Waals surface area (Å²) in [6.45, 7) is 13.7. The second-order valence-electron chi connectivity index (χ2n) is 4.36. The normalized spacial score (nSPS) is 10.9. The minimum Gasteiger partial charge on any atom is -0.462 e. The predicted molar refractivity (Wildman–Crippen MR) is 72.5 cm³/mol. The molecule has 0 amide bonds. The molecule has 0 unspecified atom stereocenters. The quantitative estimate of drug-likeness (QED) is 0.248. The van der Waals surface area contributed by atoms with E-state index in [0.29, 0.717) is 6.61 Å². The Morgan fingerprint density at radius 3 is 2.06 bits per heavy atom. The number of rotatable bonds is 10. The molecule has 0 fully saturated rings. The van der Waals surface area contributed by atoms with Gasteiger partial charge >= 0.3 is 5.97 Å². The van der Waals surface area contributed by atoms with E-state index < -0.39 is 5.41 Å². The van der Waals surface area contributed by atoms with Gasteiger partial charge in [0.2, 0.25) is 5.41 Å². The van der Waals surface area contributed by atoms with Crippen LogP contribution in [0.1, 0.15) is 45.4 Å². The van der Waals surface area contributed by atoms with Gasteiger partial charge in [-0.15, -0.1) is 13.2 Å². The molecule has 0 aromatic heterocycles. The van der Waals surface area contributed by atoms with Crippen molar-refractivity contribution in [2.75, 3.05) is 6.61 Å². The van der Waals surface area contributed by atoms with Crippen molar-refractivity contribution in [3.8, 4) is 0 Å². The molecule has 2 heteroatoms. The number of allylic oxidation sites excluding steroid dienone is 2. The number of carbonyl (C=O) groups excluding carboxylic acids is 1. The molecule has 0 aliphatic carbocycles. The van der Waals surface area contributed by atoms with Crippen LogP contribution >= 0.6 is 0 Å². The third-order valence-corrected chi connectivity index (χ3v) is 2.84. The summed E-state index contributed by atoms with van der Waals surface area (Å²) in [5, 5.41) is 0. The first-order chi connectivity index (χ1) is 8.10. The highest BCUT2D eigenvalue weighted by molar-refractivity contribution is 5.77. The molecule has 0 saturated carbocycles. The SMILES string of the molecule is C=CCCCC([CH2+])(CCCC=C)C(=O)OCC. The van der Waals surface area contributed by atoms with Crippen molar-refractivity contribution in [3.05, 3.63) is 32.2 Å². The van der Waals surface area contributed by atoms with Crippen molar-refractivity contribution in [3.63, 3.8) is 0 Å². The van der Waals surface area contributed by atoms with Crippen LogP contribution in [0.2, 0.25) is 0 Å². The van der Waals surface area contributed by atoms with Gasteiger partial charge in [0.25, 0.3) is 0 Å². The number of carbonyl (C=O) groups is 1. The molecule has 0 bridgehead atoms. The highest BCUT2D eigenvalue weighted by Crippen LogP contribution is 2.31. The third kappa shape index (κ3) is 6.20. The standard InChI is InChI=1S/C15H25O2/c1-5-8-10-12-15(4,13-11-9-6-2)14(16)17-7-3/h5-6H,1-2,4,7-13H2,3H3/q+1. The minimum absolute atomic E-state index is 0.173. The lowest BCUT2D eigenvalue weighted by Crippen LogP contribution is -2.30. The van der Waals surface area contributed by atoms with Crippen molar-refractivity contribution in [1.29, 1.82) is 0 Å². The first-order valence-corrected chi connectivity index (χ1v) is 6.35. The molecule has 17 heavy (non-hydrogen) atoms. The summed E-state index contributed by atoms with van der Waals surface area (Å²) in [7, 11) is 0. The molecule has 0 rings (SSSR count). The van der Waals surface area contributed by atoms with Crippen LogP contribution in [-0.2, 0) is 9.53 Å². The van der Waals surface area contributed by atoms with E-state index in [-0.39, 0.29) is 5.97 Å². The zero-order chi connectivity index (χ0) is 13.1. The number of hydrogen-bond donors (Lipinski definition) is 0. The fraction of sp³-hybridized carbons (Fsp3) is 0.600. The van der Waals surface area contributed by atoms with Gasteiger partial charge in [0.15, 0.2) is 0 Å². The zero-order valence-electron chi connectivity index (χ0n) is 11.0. The monoisotopic (exact) mass is 237 g/mol. The molecule has 0 heterocycles. The Kier molecular flexibility index (Phi) is 8.29. The lowest BCUT2D eigenvalue weighted by Gasteiger charge is -2.20. The summed E-state index contributed by atoms with van der Waals surface area (Å²) in [4.78, 5) is 11.9.